The van der Waals surface area contributed by atoms with Crippen molar-refractivity contribution in [3.8, 4) is 35.1 Å². The van der Waals surface area contributed by atoms with E-state index in [0.29, 0.717) is 32.0 Å². The number of para-hydroxylation sites is 1. The predicted octanol–water partition coefficient (Wildman–Crippen LogP) is 5.60. The minimum Gasteiger partial charge on any atom is -0.274 e. The van der Waals surface area contributed by atoms with Gasteiger partial charge in [-0.3, -0.25) is 13.9 Å². The number of rotatable bonds is 4. The smallest absolute Gasteiger partial charge is 0.274 e. The monoisotopic (exact) mass is 520 g/mol. The van der Waals surface area contributed by atoms with Crippen LogP contribution in [0.4, 0.5) is 0 Å². The van der Waals surface area contributed by atoms with Crippen LogP contribution in [-0.2, 0) is 6.54 Å². The molecule has 0 fully saturated rings. The van der Waals surface area contributed by atoms with Crippen molar-refractivity contribution in [2.24, 2.45) is 0 Å². The van der Waals surface area contributed by atoms with Gasteiger partial charge in [0.2, 0.25) is 0 Å². The molecule has 0 aliphatic rings. The molecular formula is C26H15Cl3N4O2. The number of imidazole rings is 1. The fourth-order valence-electron chi connectivity index (χ4n) is 3.93. The lowest BCUT2D eigenvalue weighted by molar-refractivity contribution is 0.790. The number of hydrogen-bond donors (Lipinski definition) is 0. The Kier molecular flexibility index (Phi) is 6.00. The topological polar surface area (TPSA) is 61.8 Å². The first-order valence-corrected chi connectivity index (χ1v) is 11.5. The molecule has 0 saturated heterocycles. The Bertz CT molecular complexity index is 1750. The molecule has 3 aromatic carbocycles. The molecule has 0 unspecified atom stereocenters. The second-order valence-corrected chi connectivity index (χ2v) is 8.87. The van der Waals surface area contributed by atoms with Crippen LogP contribution >= 0.6 is 34.8 Å². The predicted molar refractivity (Wildman–Crippen MR) is 140 cm³/mol. The summed E-state index contributed by atoms with van der Waals surface area (Å²) in [4.78, 5) is 32.3. The van der Waals surface area contributed by atoms with Gasteiger partial charge in [0.15, 0.2) is 17.0 Å². The highest BCUT2D eigenvalue weighted by Gasteiger charge is 2.24. The number of terminal acetylenes is 1. The van der Waals surface area contributed by atoms with E-state index in [1.165, 1.54) is 13.7 Å². The average Bonchev–Trinajstić information content (AvgIpc) is 3.12. The third-order valence-electron chi connectivity index (χ3n) is 5.47. The molecule has 0 atom stereocenters. The summed E-state index contributed by atoms with van der Waals surface area (Å²) in [5.74, 6) is 2.69. The van der Waals surface area contributed by atoms with Gasteiger partial charge < -0.3 is 0 Å². The molecule has 6 nitrogen and oxygen atoms in total. The molecular weight excluding hydrogens is 507 g/mol. The van der Waals surface area contributed by atoms with Gasteiger partial charge in [0, 0.05) is 15.6 Å². The number of fused-ring (bicyclic) bond motifs is 1. The number of aromatic nitrogens is 4. The van der Waals surface area contributed by atoms with Crippen molar-refractivity contribution in [2.75, 3.05) is 0 Å². The van der Waals surface area contributed by atoms with Gasteiger partial charge in [-0.05, 0) is 54.6 Å². The molecule has 0 bridgehead atoms. The summed E-state index contributed by atoms with van der Waals surface area (Å²) in [6.45, 7) is -0.103. The van der Waals surface area contributed by atoms with E-state index >= 15 is 0 Å². The van der Waals surface area contributed by atoms with E-state index in [2.05, 4.69) is 5.92 Å². The molecule has 9 heteroatoms. The Labute approximate surface area is 214 Å². The first-order valence-electron chi connectivity index (χ1n) is 10.4. The zero-order valence-electron chi connectivity index (χ0n) is 18.0. The van der Waals surface area contributed by atoms with Crippen LogP contribution in [0.5, 0.6) is 0 Å². The molecule has 2 heterocycles. The Morgan fingerprint density at radius 1 is 0.829 bits per heavy atom. The van der Waals surface area contributed by atoms with Crippen molar-refractivity contribution in [3.05, 3.63) is 109 Å². The third-order valence-corrected chi connectivity index (χ3v) is 6.27. The first-order chi connectivity index (χ1) is 16.9. The molecule has 0 aliphatic carbocycles. The van der Waals surface area contributed by atoms with Gasteiger partial charge in [0.1, 0.15) is 0 Å². The molecule has 0 amide bonds. The van der Waals surface area contributed by atoms with Gasteiger partial charge in [-0.2, -0.15) is 0 Å². The normalized spacial score (nSPS) is 11.0. The maximum Gasteiger partial charge on any atom is 0.335 e. The van der Waals surface area contributed by atoms with E-state index in [9.17, 15) is 9.59 Å². The minimum atomic E-state index is -0.486. The van der Waals surface area contributed by atoms with E-state index < -0.39 is 11.2 Å². The number of benzene rings is 3. The maximum absolute atomic E-state index is 14.1. The van der Waals surface area contributed by atoms with Gasteiger partial charge in [0.05, 0.1) is 22.9 Å². The minimum absolute atomic E-state index is 0.0700. The van der Waals surface area contributed by atoms with Gasteiger partial charge in [-0.1, -0.05) is 58.9 Å². The van der Waals surface area contributed by atoms with Crippen LogP contribution in [0.2, 0.25) is 15.1 Å². The van der Waals surface area contributed by atoms with Crippen LogP contribution in [-0.4, -0.2) is 18.7 Å². The van der Waals surface area contributed by atoms with Crippen LogP contribution in [0, 0.1) is 12.3 Å². The molecule has 0 aliphatic heterocycles. The van der Waals surface area contributed by atoms with Gasteiger partial charge >= 0.3 is 5.69 Å². The van der Waals surface area contributed by atoms with E-state index in [1.807, 2.05) is 6.07 Å². The molecule has 5 rings (SSSR count). The molecule has 0 N–H and O–H groups in total. The van der Waals surface area contributed by atoms with E-state index in [0.717, 1.165) is 0 Å². The molecule has 2 aromatic heterocycles. The largest absolute Gasteiger partial charge is 0.335 e. The molecule has 5 aromatic rings. The summed E-state index contributed by atoms with van der Waals surface area (Å²) in [7, 11) is 0. The van der Waals surface area contributed by atoms with Gasteiger partial charge in [0.25, 0.3) is 5.56 Å². The fraction of sp³-hybridized carbons (Fsp3) is 0.0385. The quantitative estimate of drug-likeness (QED) is 0.289. The number of halogens is 3. The zero-order valence-corrected chi connectivity index (χ0v) is 20.2. The molecule has 0 spiro atoms. The highest BCUT2D eigenvalue weighted by Crippen LogP contribution is 2.31. The molecule has 35 heavy (non-hydrogen) atoms. The van der Waals surface area contributed by atoms with Crippen molar-refractivity contribution in [2.45, 2.75) is 6.54 Å². The molecule has 0 saturated carbocycles. The number of nitrogens with zero attached hydrogens (tertiary/aromatic N) is 4. The van der Waals surface area contributed by atoms with Crippen LogP contribution in [0.25, 0.3) is 33.9 Å². The summed E-state index contributed by atoms with van der Waals surface area (Å²) in [5.41, 5.74) is 0.760. The average molecular weight is 522 g/mol. The second kappa shape index (κ2) is 9.12. The fourth-order valence-corrected chi connectivity index (χ4v) is 4.55. The first kappa shape index (κ1) is 23.0. The van der Waals surface area contributed by atoms with Crippen molar-refractivity contribution in [1.82, 2.24) is 18.7 Å². The Morgan fingerprint density at radius 3 is 2.14 bits per heavy atom. The maximum atomic E-state index is 14.1. The van der Waals surface area contributed by atoms with Gasteiger partial charge in [-0.25, -0.2) is 14.3 Å². The highest BCUT2D eigenvalue weighted by atomic mass is 35.5. The lowest BCUT2D eigenvalue weighted by Crippen LogP contribution is -2.26. The Balaban J connectivity index is 1.99. The summed E-state index contributed by atoms with van der Waals surface area (Å²) in [5, 5.41) is 1.23. The van der Waals surface area contributed by atoms with E-state index in [1.54, 1.807) is 66.7 Å². The second-order valence-electron chi connectivity index (χ2n) is 7.59. The lowest BCUT2D eigenvalue weighted by Gasteiger charge is -2.15. The van der Waals surface area contributed by atoms with Crippen LogP contribution in [0.3, 0.4) is 0 Å². The highest BCUT2D eigenvalue weighted by molar-refractivity contribution is 6.36. The summed E-state index contributed by atoms with van der Waals surface area (Å²) < 4.78 is 4.00. The lowest BCUT2D eigenvalue weighted by atomic mass is 10.2. The summed E-state index contributed by atoms with van der Waals surface area (Å²) >= 11 is 18.7. The summed E-state index contributed by atoms with van der Waals surface area (Å²) in [6, 6.07) is 20.5. The Morgan fingerprint density at radius 2 is 1.49 bits per heavy atom. The van der Waals surface area contributed by atoms with Crippen LogP contribution < -0.4 is 11.2 Å². The van der Waals surface area contributed by atoms with Crippen molar-refractivity contribution < 1.29 is 0 Å². The molecule has 0 radical (unpaired) electrons. The van der Waals surface area contributed by atoms with E-state index in [-0.39, 0.29) is 23.5 Å². The standard InChI is InChI=1S/C26H15Cl3N4O2/c1-2-14-31-22-24(33(26(31)35)18-6-4-3-5-7-18)30-23(20-13-10-17(28)15-21(20)29)32(25(22)34)19-11-8-16(27)9-12-19/h1,3-13,15H,14H2. The SMILES string of the molecule is C#CCn1c(=O)n(-c2ccccc2)c2nc(-c3ccc(Cl)cc3Cl)n(-c3ccc(Cl)cc3)c(=O)c21. The Hall–Kier alpha value is -3.76. The van der Waals surface area contributed by atoms with Crippen molar-refractivity contribution in [1.29, 1.82) is 0 Å². The third kappa shape index (κ3) is 3.94. The summed E-state index contributed by atoms with van der Waals surface area (Å²) in [6.07, 6.45) is 5.55. The molecule has 172 valence electrons. The van der Waals surface area contributed by atoms with Crippen molar-refractivity contribution >= 4 is 46.0 Å². The van der Waals surface area contributed by atoms with E-state index in [4.69, 9.17) is 46.2 Å². The van der Waals surface area contributed by atoms with Crippen molar-refractivity contribution in [3.63, 3.8) is 0 Å². The zero-order chi connectivity index (χ0) is 24.7. The van der Waals surface area contributed by atoms with Gasteiger partial charge in [-0.15, -0.1) is 6.42 Å². The van der Waals surface area contributed by atoms with Crippen LogP contribution in [0.15, 0.2) is 82.4 Å². The van der Waals surface area contributed by atoms with Crippen LogP contribution in [0.1, 0.15) is 0 Å². The number of hydrogen-bond acceptors (Lipinski definition) is 3.